The number of unbranched alkanes of at least 4 members (excludes halogenated alkanes) is 56. The Morgan fingerprint density at radius 3 is 0.519 bits per heavy atom. The van der Waals surface area contributed by atoms with Crippen molar-refractivity contribution in [3.8, 4) is 0 Å². The quantitative estimate of drug-likeness (QED) is 0.0343. The van der Waals surface area contributed by atoms with Gasteiger partial charge in [0.05, 0.1) is 0 Å². The molecule has 0 aliphatic rings. The third kappa shape index (κ3) is 65.1. The monoisotopic (exact) mass is 1090 g/mol. The van der Waals surface area contributed by atoms with Crippen molar-refractivity contribution < 1.29 is 28.6 Å². The first kappa shape index (κ1) is 75.4. The molecule has 0 N–H and O–H groups in total. The lowest BCUT2D eigenvalue weighted by molar-refractivity contribution is -0.167. The van der Waals surface area contributed by atoms with Crippen LogP contribution in [0.3, 0.4) is 0 Å². The summed E-state index contributed by atoms with van der Waals surface area (Å²) in [5, 5.41) is 0. The predicted molar refractivity (Wildman–Crippen MR) is 335 cm³/mol. The van der Waals surface area contributed by atoms with E-state index in [1.807, 2.05) is 0 Å². The molecule has 1 atom stereocenters. The molecule has 0 spiro atoms. The summed E-state index contributed by atoms with van der Waals surface area (Å²) in [5.74, 6) is -0.829. The fourth-order valence-electron chi connectivity index (χ4n) is 11.3. The van der Waals surface area contributed by atoms with Gasteiger partial charge in [0.1, 0.15) is 13.2 Å². The van der Waals surface area contributed by atoms with Crippen molar-refractivity contribution in [3.63, 3.8) is 0 Å². The van der Waals surface area contributed by atoms with Crippen LogP contribution < -0.4 is 0 Å². The number of hydrogen-bond acceptors (Lipinski definition) is 6. The van der Waals surface area contributed by atoms with Gasteiger partial charge in [0.2, 0.25) is 0 Å². The molecule has 0 bridgehead atoms. The van der Waals surface area contributed by atoms with Crippen LogP contribution in [0.25, 0.3) is 0 Å². The highest BCUT2D eigenvalue weighted by Gasteiger charge is 2.19. The van der Waals surface area contributed by atoms with Gasteiger partial charge in [0, 0.05) is 19.3 Å². The molecule has 77 heavy (non-hydrogen) atoms. The van der Waals surface area contributed by atoms with E-state index in [1.165, 1.54) is 321 Å². The van der Waals surface area contributed by atoms with Crippen molar-refractivity contribution in [2.45, 2.75) is 425 Å². The SMILES string of the molecule is CCCCCCCCCCCCCCCCCCCCCCCCCCCCCCCCCCCCCC(=O)OCC(COC(=O)CCCCCCCCCCCCC)OC(=O)CCCCCCCCCCCCCCC. The number of hydrogen-bond donors (Lipinski definition) is 0. The Labute approximate surface area is 482 Å². The van der Waals surface area contributed by atoms with Crippen LogP contribution in [0.4, 0.5) is 0 Å². The van der Waals surface area contributed by atoms with Crippen LogP contribution in [0, 0.1) is 0 Å². The topological polar surface area (TPSA) is 78.9 Å². The Balaban J connectivity index is 3.93. The lowest BCUT2D eigenvalue weighted by Gasteiger charge is -2.18. The molecular formula is C71H138O6. The maximum absolute atomic E-state index is 12.9. The first-order valence-electron chi connectivity index (χ1n) is 35.5. The normalized spacial score (nSPS) is 11.9. The Morgan fingerprint density at radius 2 is 0.351 bits per heavy atom. The summed E-state index contributed by atoms with van der Waals surface area (Å²) in [5.41, 5.74) is 0. The minimum absolute atomic E-state index is 0.0609. The second-order valence-corrected chi connectivity index (χ2v) is 24.5. The maximum atomic E-state index is 12.9. The summed E-state index contributed by atoms with van der Waals surface area (Å²) in [7, 11) is 0. The Bertz CT molecular complexity index is 1160. The van der Waals surface area contributed by atoms with Crippen LogP contribution >= 0.6 is 0 Å². The number of ether oxygens (including phenoxy) is 3. The van der Waals surface area contributed by atoms with E-state index in [2.05, 4.69) is 20.8 Å². The summed E-state index contributed by atoms with van der Waals surface area (Å²) in [6.07, 6.45) is 78.8. The highest BCUT2D eigenvalue weighted by molar-refractivity contribution is 5.71. The predicted octanol–water partition coefficient (Wildman–Crippen LogP) is 24.2. The molecule has 0 saturated heterocycles. The van der Waals surface area contributed by atoms with Gasteiger partial charge in [-0.25, -0.2) is 0 Å². The Morgan fingerprint density at radius 1 is 0.208 bits per heavy atom. The van der Waals surface area contributed by atoms with E-state index in [4.69, 9.17) is 14.2 Å². The third-order valence-electron chi connectivity index (χ3n) is 16.6. The van der Waals surface area contributed by atoms with E-state index in [9.17, 15) is 14.4 Å². The zero-order chi connectivity index (χ0) is 55.7. The summed E-state index contributed by atoms with van der Waals surface area (Å²) in [6, 6.07) is 0. The van der Waals surface area contributed by atoms with Crippen molar-refractivity contribution in [3.05, 3.63) is 0 Å². The second-order valence-electron chi connectivity index (χ2n) is 24.5. The average molecular weight is 1090 g/mol. The lowest BCUT2D eigenvalue weighted by Crippen LogP contribution is -2.30. The minimum Gasteiger partial charge on any atom is -0.462 e. The summed E-state index contributed by atoms with van der Waals surface area (Å²) < 4.78 is 16.9. The number of rotatable bonds is 67. The van der Waals surface area contributed by atoms with Gasteiger partial charge in [-0.2, -0.15) is 0 Å². The molecule has 0 heterocycles. The van der Waals surface area contributed by atoms with Crippen LogP contribution in [0.5, 0.6) is 0 Å². The molecule has 0 amide bonds. The van der Waals surface area contributed by atoms with Gasteiger partial charge in [0.25, 0.3) is 0 Å². The summed E-state index contributed by atoms with van der Waals surface area (Å²) >= 11 is 0. The minimum atomic E-state index is -0.761. The van der Waals surface area contributed by atoms with Crippen molar-refractivity contribution in [1.82, 2.24) is 0 Å². The van der Waals surface area contributed by atoms with E-state index in [0.717, 1.165) is 57.8 Å². The lowest BCUT2D eigenvalue weighted by atomic mass is 10.0. The molecule has 0 radical (unpaired) electrons. The van der Waals surface area contributed by atoms with Gasteiger partial charge in [-0.15, -0.1) is 0 Å². The van der Waals surface area contributed by atoms with Crippen molar-refractivity contribution in [2.75, 3.05) is 13.2 Å². The molecule has 0 saturated carbocycles. The molecule has 0 aliphatic heterocycles. The Kier molecular flexibility index (Phi) is 65.5. The second kappa shape index (κ2) is 66.9. The van der Waals surface area contributed by atoms with E-state index >= 15 is 0 Å². The smallest absolute Gasteiger partial charge is 0.306 e. The zero-order valence-corrected chi connectivity index (χ0v) is 52.8. The number of carbonyl (C=O) groups excluding carboxylic acids is 3. The number of carbonyl (C=O) groups is 3. The zero-order valence-electron chi connectivity index (χ0n) is 52.8. The van der Waals surface area contributed by atoms with Gasteiger partial charge >= 0.3 is 17.9 Å². The third-order valence-corrected chi connectivity index (χ3v) is 16.6. The van der Waals surface area contributed by atoms with Crippen LogP contribution in [-0.4, -0.2) is 37.2 Å². The van der Waals surface area contributed by atoms with Gasteiger partial charge in [0.15, 0.2) is 6.10 Å². The first-order valence-corrected chi connectivity index (χ1v) is 35.5. The van der Waals surface area contributed by atoms with Crippen molar-refractivity contribution in [2.24, 2.45) is 0 Å². The highest BCUT2D eigenvalue weighted by Crippen LogP contribution is 2.20. The molecule has 1 unspecified atom stereocenters. The molecule has 6 heteroatoms. The van der Waals surface area contributed by atoms with E-state index in [0.29, 0.717) is 19.3 Å². The van der Waals surface area contributed by atoms with Crippen molar-refractivity contribution in [1.29, 1.82) is 0 Å². The van der Waals surface area contributed by atoms with Gasteiger partial charge in [-0.1, -0.05) is 380 Å². The Hall–Kier alpha value is -1.59. The average Bonchev–Trinajstić information content (AvgIpc) is 3.43. The summed E-state index contributed by atoms with van der Waals surface area (Å²) in [6.45, 7) is 6.71. The highest BCUT2D eigenvalue weighted by atomic mass is 16.6. The van der Waals surface area contributed by atoms with E-state index < -0.39 is 6.10 Å². The van der Waals surface area contributed by atoms with Crippen LogP contribution in [0.15, 0.2) is 0 Å². The number of esters is 3. The first-order chi connectivity index (χ1) is 38.0. The van der Waals surface area contributed by atoms with Crippen LogP contribution in [0.2, 0.25) is 0 Å². The fraction of sp³-hybridized carbons (Fsp3) is 0.958. The molecule has 458 valence electrons. The standard InChI is InChI=1S/C71H138O6/c1-4-7-10-13-16-19-22-24-25-26-27-28-29-30-31-32-33-34-35-36-37-38-39-40-41-42-43-44-45-47-49-52-55-58-61-64-70(73)76-67-68(66-75-69(72)63-60-57-54-51-48-21-18-15-12-9-6-3)77-71(74)65-62-59-56-53-50-46-23-20-17-14-11-8-5-2/h68H,4-67H2,1-3H3. The van der Waals surface area contributed by atoms with Gasteiger partial charge < -0.3 is 14.2 Å². The van der Waals surface area contributed by atoms with Gasteiger partial charge in [-0.3, -0.25) is 14.4 Å². The molecule has 0 aliphatic carbocycles. The molecular weight excluding hydrogens is 949 g/mol. The molecule has 0 fully saturated rings. The molecule has 0 aromatic rings. The molecule has 6 nitrogen and oxygen atoms in total. The van der Waals surface area contributed by atoms with E-state index in [1.54, 1.807) is 0 Å². The van der Waals surface area contributed by atoms with E-state index in [-0.39, 0.29) is 31.1 Å². The largest absolute Gasteiger partial charge is 0.462 e. The van der Waals surface area contributed by atoms with Crippen molar-refractivity contribution >= 4 is 17.9 Å². The fourth-order valence-corrected chi connectivity index (χ4v) is 11.3. The molecule has 0 rings (SSSR count). The maximum Gasteiger partial charge on any atom is 0.306 e. The summed E-state index contributed by atoms with van der Waals surface area (Å²) in [4.78, 5) is 38.2. The van der Waals surface area contributed by atoms with Crippen LogP contribution in [0.1, 0.15) is 419 Å². The molecule has 0 aromatic carbocycles. The van der Waals surface area contributed by atoms with Crippen LogP contribution in [-0.2, 0) is 28.6 Å². The molecule has 0 aromatic heterocycles. The van der Waals surface area contributed by atoms with Gasteiger partial charge in [-0.05, 0) is 19.3 Å².